The smallest absolute Gasteiger partial charge is 0.462 e. The molecular weight excluding hydrogens is 474 g/mol. The van der Waals surface area contributed by atoms with E-state index in [9.17, 15) is 4.79 Å². The molecule has 204 valence electrons. The van der Waals surface area contributed by atoms with E-state index in [1.165, 1.54) is 25.7 Å². The van der Waals surface area contributed by atoms with Gasteiger partial charge in [-0.3, -0.25) is 9.63 Å². The van der Waals surface area contributed by atoms with Crippen molar-refractivity contribution in [2.75, 3.05) is 26.4 Å². The lowest BCUT2D eigenvalue weighted by atomic mass is 9.72. The number of carbonyl (C=O) groups excluding carboxylic acids is 1. The average molecular weight is 522 g/mol. The maximum Gasteiger partial charge on any atom is 0.512 e. The molecule has 1 aliphatic carbocycles. The Balaban J connectivity index is 1.78. The summed E-state index contributed by atoms with van der Waals surface area (Å²) >= 11 is 0. The summed E-state index contributed by atoms with van der Waals surface area (Å²) < 4.78 is 23.4. The third-order valence-corrected chi connectivity index (χ3v) is 10.4. The third kappa shape index (κ3) is 7.39. The van der Waals surface area contributed by atoms with E-state index in [2.05, 4.69) is 18.9 Å². The zero-order chi connectivity index (χ0) is 26.1. The van der Waals surface area contributed by atoms with Gasteiger partial charge >= 0.3 is 14.8 Å². The number of ether oxygens (including phenoxy) is 1. The Kier molecular flexibility index (Phi) is 11.0. The molecule has 0 aromatic heterocycles. The quantitative estimate of drug-likeness (QED) is 0.225. The van der Waals surface area contributed by atoms with Gasteiger partial charge in [0.2, 0.25) is 0 Å². The lowest BCUT2D eigenvalue weighted by molar-refractivity contribution is -0.324. The molecule has 2 fully saturated rings. The first-order valence-electron chi connectivity index (χ1n) is 13.9. The summed E-state index contributed by atoms with van der Waals surface area (Å²) in [5, 5.41) is 2.30. The first-order chi connectivity index (χ1) is 17.3. The minimum absolute atomic E-state index is 0.0107. The number of hydrogen-bond acceptors (Lipinski definition) is 7. The fraction of sp³-hybridized carbons (Fsp3) is 0.750. The van der Waals surface area contributed by atoms with Crippen LogP contribution in [0.25, 0.3) is 0 Å². The zero-order valence-electron chi connectivity index (χ0n) is 23.1. The normalized spacial score (nSPS) is 20.8. The number of hydroxylamine groups is 2. The van der Waals surface area contributed by atoms with Gasteiger partial charge in [-0.1, -0.05) is 49.6 Å². The molecule has 1 unspecified atom stereocenters. The van der Waals surface area contributed by atoms with Crippen LogP contribution in [0.5, 0.6) is 0 Å². The molecule has 1 saturated carbocycles. The standard InChI is InChI=1S/C28H47NO6Si/c1-6-32-36(33-7-2,34-8-3)23-26(30)31-22-25(24-16-11-9-12-17-24)35-29-27(4,5)18-15-21-28(29)19-13-10-14-20-28/h9,11-12,16-17,25H,6-8,10,13-15,18-23H2,1-5H3. The largest absolute Gasteiger partial charge is 0.512 e. The SMILES string of the molecule is CCO[Si](CC(=O)OCC(ON1C(C)(C)CCCC12CCCCC2)c1ccccc1)(OCC)OCC. The fourth-order valence-corrected chi connectivity index (χ4v) is 8.26. The van der Waals surface area contributed by atoms with Gasteiger partial charge in [0.1, 0.15) is 18.8 Å². The van der Waals surface area contributed by atoms with Crippen LogP contribution in [0.2, 0.25) is 6.04 Å². The van der Waals surface area contributed by atoms with Crippen molar-refractivity contribution in [2.24, 2.45) is 0 Å². The van der Waals surface area contributed by atoms with Crippen molar-refractivity contribution in [3.8, 4) is 0 Å². The van der Waals surface area contributed by atoms with Crippen LogP contribution in [0.15, 0.2) is 30.3 Å². The molecule has 0 radical (unpaired) electrons. The highest BCUT2D eigenvalue weighted by molar-refractivity contribution is 6.64. The second kappa shape index (κ2) is 13.5. The van der Waals surface area contributed by atoms with Crippen LogP contribution < -0.4 is 0 Å². The molecule has 0 amide bonds. The van der Waals surface area contributed by atoms with E-state index in [1.807, 2.05) is 51.1 Å². The van der Waals surface area contributed by atoms with E-state index >= 15 is 0 Å². The first kappa shape index (κ1) is 29.3. The van der Waals surface area contributed by atoms with Gasteiger partial charge in [0, 0.05) is 30.9 Å². The van der Waals surface area contributed by atoms with Crippen LogP contribution in [-0.4, -0.2) is 57.3 Å². The number of rotatable bonds is 13. The van der Waals surface area contributed by atoms with Crippen LogP contribution in [0.4, 0.5) is 0 Å². The zero-order valence-corrected chi connectivity index (χ0v) is 24.1. The molecule has 2 aliphatic rings. The number of benzene rings is 1. The molecule has 0 bridgehead atoms. The topological polar surface area (TPSA) is 66.5 Å². The van der Waals surface area contributed by atoms with E-state index in [4.69, 9.17) is 22.9 Å². The predicted molar refractivity (Wildman–Crippen MR) is 142 cm³/mol. The van der Waals surface area contributed by atoms with Gasteiger partial charge in [-0.15, -0.1) is 0 Å². The summed E-state index contributed by atoms with van der Waals surface area (Å²) in [6.07, 6.45) is 9.14. The highest BCUT2D eigenvalue weighted by Gasteiger charge is 2.50. The highest BCUT2D eigenvalue weighted by atomic mass is 28.4. The Morgan fingerprint density at radius 2 is 1.47 bits per heavy atom. The van der Waals surface area contributed by atoms with Crippen molar-refractivity contribution in [3.05, 3.63) is 35.9 Å². The van der Waals surface area contributed by atoms with E-state index < -0.39 is 14.9 Å². The molecule has 1 aliphatic heterocycles. The van der Waals surface area contributed by atoms with Crippen LogP contribution in [0.1, 0.15) is 97.7 Å². The second-order valence-corrected chi connectivity index (χ2v) is 13.2. The molecule has 7 nitrogen and oxygen atoms in total. The molecule has 36 heavy (non-hydrogen) atoms. The minimum atomic E-state index is -3.13. The number of carbonyl (C=O) groups is 1. The Morgan fingerprint density at radius 3 is 2.06 bits per heavy atom. The number of piperidine rings is 1. The molecule has 1 aromatic carbocycles. The van der Waals surface area contributed by atoms with Crippen molar-refractivity contribution in [1.82, 2.24) is 5.06 Å². The molecule has 1 heterocycles. The van der Waals surface area contributed by atoms with Crippen molar-refractivity contribution in [1.29, 1.82) is 0 Å². The lowest BCUT2D eigenvalue weighted by Crippen LogP contribution is -2.62. The van der Waals surface area contributed by atoms with E-state index in [0.717, 1.165) is 31.2 Å². The maximum absolute atomic E-state index is 13.0. The summed E-state index contributed by atoms with van der Waals surface area (Å²) in [7, 11) is -3.13. The Bertz CT molecular complexity index is 776. The summed E-state index contributed by atoms with van der Waals surface area (Å²) in [6.45, 7) is 11.6. The Morgan fingerprint density at radius 1 is 0.889 bits per heavy atom. The predicted octanol–water partition coefficient (Wildman–Crippen LogP) is 6.22. The Labute approximate surface area is 219 Å². The summed E-state index contributed by atoms with van der Waals surface area (Å²) in [5.41, 5.74) is 0.964. The second-order valence-electron chi connectivity index (χ2n) is 10.6. The average Bonchev–Trinajstić information content (AvgIpc) is 2.85. The van der Waals surface area contributed by atoms with Gasteiger partial charge in [0.25, 0.3) is 0 Å². The number of hydrogen-bond donors (Lipinski definition) is 0. The lowest BCUT2D eigenvalue weighted by Gasteiger charge is -2.56. The molecule has 1 atom stereocenters. The van der Waals surface area contributed by atoms with Crippen molar-refractivity contribution in [3.63, 3.8) is 0 Å². The van der Waals surface area contributed by atoms with Crippen LogP contribution >= 0.6 is 0 Å². The van der Waals surface area contributed by atoms with Crippen molar-refractivity contribution >= 4 is 14.8 Å². The van der Waals surface area contributed by atoms with E-state index in [-0.39, 0.29) is 29.7 Å². The monoisotopic (exact) mass is 521 g/mol. The molecule has 0 N–H and O–H groups in total. The Hall–Kier alpha value is -1.29. The third-order valence-electron chi connectivity index (χ3n) is 7.45. The molecule has 1 spiro atoms. The minimum Gasteiger partial charge on any atom is -0.462 e. The van der Waals surface area contributed by atoms with Crippen molar-refractivity contribution < 1.29 is 27.6 Å². The summed E-state index contributed by atoms with van der Waals surface area (Å²) in [5.74, 6) is -0.383. The van der Waals surface area contributed by atoms with Gasteiger partial charge in [-0.2, -0.15) is 5.06 Å². The molecule has 8 heteroatoms. The van der Waals surface area contributed by atoms with Gasteiger partial charge < -0.3 is 18.0 Å². The summed E-state index contributed by atoms with van der Waals surface area (Å²) in [6, 6.07) is 10.1. The van der Waals surface area contributed by atoms with Crippen LogP contribution in [0.3, 0.4) is 0 Å². The fourth-order valence-electron chi connectivity index (χ4n) is 5.93. The number of esters is 1. The van der Waals surface area contributed by atoms with Crippen LogP contribution in [0, 0.1) is 0 Å². The van der Waals surface area contributed by atoms with Crippen molar-refractivity contribution in [2.45, 2.75) is 109 Å². The highest BCUT2D eigenvalue weighted by Crippen LogP contribution is 2.48. The molecule has 1 aromatic rings. The van der Waals surface area contributed by atoms with Gasteiger partial charge in [-0.25, -0.2) is 0 Å². The van der Waals surface area contributed by atoms with Crippen LogP contribution in [-0.2, 0) is 27.6 Å². The van der Waals surface area contributed by atoms with E-state index in [1.54, 1.807) is 0 Å². The summed E-state index contributed by atoms with van der Waals surface area (Å²) in [4.78, 5) is 19.9. The molecule has 1 saturated heterocycles. The first-order valence-corrected chi connectivity index (χ1v) is 15.8. The molecular formula is C28H47NO6Si. The number of nitrogens with zero attached hydrogens (tertiary/aromatic N) is 1. The van der Waals surface area contributed by atoms with Gasteiger partial charge in [-0.05, 0) is 72.3 Å². The van der Waals surface area contributed by atoms with Gasteiger partial charge in [0.05, 0.1) is 0 Å². The van der Waals surface area contributed by atoms with Gasteiger partial charge in [0.15, 0.2) is 0 Å². The van der Waals surface area contributed by atoms with E-state index in [0.29, 0.717) is 19.8 Å². The maximum atomic E-state index is 13.0. The molecule has 3 rings (SSSR count).